The smallest absolute Gasteiger partial charge is 0.324 e. The van der Waals surface area contributed by atoms with Crippen LogP contribution in [0.25, 0.3) is 0 Å². The first-order valence-electron chi connectivity index (χ1n) is 6.20. The first-order valence-corrected chi connectivity index (χ1v) is 6.20. The SMILES string of the molecule is CNC(C)(CN(C)CC1CCCCO1)C(=O)O. The number of likely N-dealkylation sites (N-methyl/N-ethyl adjacent to an activating group) is 2. The summed E-state index contributed by atoms with van der Waals surface area (Å²) < 4.78 is 5.65. The number of ether oxygens (including phenoxy) is 1. The Kier molecular flexibility index (Phi) is 5.36. The third-order valence-corrected chi connectivity index (χ3v) is 3.40. The van der Waals surface area contributed by atoms with Gasteiger partial charge in [-0.1, -0.05) is 0 Å². The van der Waals surface area contributed by atoms with Crippen molar-refractivity contribution in [1.29, 1.82) is 0 Å². The van der Waals surface area contributed by atoms with Gasteiger partial charge < -0.3 is 20.1 Å². The lowest BCUT2D eigenvalue weighted by Crippen LogP contribution is -2.55. The summed E-state index contributed by atoms with van der Waals surface area (Å²) >= 11 is 0. The van der Waals surface area contributed by atoms with Crippen LogP contribution in [0.5, 0.6) is 0 Å². The van der Waals surface area contributed by atoms with E-state index in [9.17, 15) is 4.79 Å². The molecule has 1 heterocycles. The maximum absolute atomic E-state index is 11.2. The van der Waals surface area contributed by atoms with Crippen molar-refractivity contribution in [3.05, 3.63) is 0 Å². The van der Waals surface area contributed by atoms with Crippen LogP contribution < -0.4 is 5.32 Å². The Labute approximate surface area is 103 Å². The standard InChI is InChI=1S/C12H24N2O3/c1-12(13-2,11(15)16)9-14(3)8-10-6-4-5-7-17-10/h10,13H,4-9H2,1-3H3,(H,15,16). The summed E-state index contributed by atoms with van der Waals surface area (Å²) in [6.07, 6.45) is 3.68. The molecule has 5 nitrogen and oxygen atoms in total. The molecule has 0 bridgehead atoms. The van der Waals surface area contributed by atoms with Gasteiger partial charge in [0.05, 0.1) is 6.10 Å². The lowest BCUT2D eigenvalue weighted by atomic mass is 10.0. The number of carbonyl (C=O) groups is 1. The average molecular weight is 244 g/mol. The maximum Gasteiger partial charge on any atom is 0.324 e. The number of aliphatic carboxylic acids is 1. The molecule has 1 aliphatic heterocycles. The molecule has 2 N–H and O–H groups in total. The van der Waals surface area contributed by atoms with Gasteiger partial charge in [-0.05, 0) is 40.3 Å². The molecule has 0 spiro atoms. The Bertz CT molecular complexity index is 254. The van der Waals surface area contributed by atoms with Gasteiger partial charge in [-0.3, -0.25) is 4.79 Å². The molecule has 17 heavy (non-hydrogen) atoms. The van der Waals surface area contributed by atoms with Crippen LogP contribution >= 0.6 is 0 Å². The second kappa shape index (κ2) is 6.33. The lowest BCUT2D eigenvalue weighted by Gasteiger charge is -2.33. The minimum atomic E-state index is -0.899. The fourth-order valence-electron chi connectivity index (χ4n) is 2.16. The summed E-state index contributed by atoms with van der Waals surface area (Å²) in [5.41, 5.74) is -0.899. The monoisotopic (exact) mass is 244 g/mol. The highest BCUT2D eigenvalue weighted by atomic mass is 16.5. The van der Waals surface area contributed by atoms with E-state index in [0.717, 1.165) is 26.0 Å². The molecule has 0 aromatic carbocycles. The molecular formula is C12H24N2O3. The summed E-state index contributed by atoms with van der Waals surface area (Å²) in [6.45, 7) is 3.80. The van der Waals surface area contributed by atoms with Gasteiger partial charge in [-0.15, -0.1) is 0 Å². The van der Waals surface area contributed by atoms with Crippen molar-refractivity contribution in [2.24, 2.45) is 0 Å². The van der Waals surface area contributed by atoms with Gasteiger partial charge in [0.1, 0.15) is 5.54 Å². The van der Waals surface area contributed by atoms with Gasteiger partial charge >= 0.3 is 5.97 Å². The van der Waals surface area contributed by atoms with Crippen molar-refractivity contribution in [1.82, 2.24) is 10.2 Å². The number of carboxylic acid groups (broad SMARTS) is 1. The summed E-state index contributed by atoms with van der Waals surface area (Å²) in [6, 6.07) is 0. The lowest BCUT2D eigenvalue weighted by molar-refractivity contribution is -0.144. The normalized spacial score (nSPS) is 24.6. The van der Waals surface area contributed by atoms with E-state index >= 15 is 0 Å². The fraction of sp³-hybridized carbons (Fsp3) is 0.917. The second-order valence-corrected chi connectivity index (χ2v) is 5.07. The minimum absolute atomic E-state index is 0.253. The van der Waals surface area contributed by atoms with Gasteiger partial charge in [-0.2, -0.15) is 0 Å². The zero-order valence-corrected chi connectivity index (χ0v) is 11.0. The molecule has 2 atom stereocenters. The molecule has 100 valence electrons. The Morgan fingerprint density at radius 3 is 2.76 bits per heavy atom. The third kappa shape index (κ3) is 4.26. The molecule has 1 rings (SSSR count). The van der Waals surface area contributed by atoms with Crippen LogP contribution in [0.2, 0.25) is 0 Å². The number of rotatable bonds is 6. The summed E-state index contributed by atoms with van der Waals surface area (Å²) in [5, 5.41) is 12.0. The van der Waals surface area contributed by atoms with Crippen LogP contribution in [0.3, 0.4) is 0 Å². The molecule has 0 aliphatic carbocycles. The molecule has 1 fully saturated rings. The molecule has 0 amide bonds. The van der Waals surface area contributed by atoms with Crippen LogP contribution in [0, 0.1) is 0 Å². The van der Waals surface area contributed by atoms with Crippen molar-refractivity contribution >= 4 is 5.97 Å². The quantitative estimate of drug-likeness (QED) is 0.714. The van der Waals surface area contributed by atoms with Gasteiger partial charge in [0.15, 0.2) is 0 Å². The Hall–Kier alpha value is -0.650. The van der Waals surface area contributed by atoms with E-state index < -0.39 is 11.5 Å². The number of hydrogen-bond acceptors (Lipinski definition) is 4. The molecule has 0 radical (unpaired) electrons. The maximum atomic E-state index is 11.2. The Balaban J connectivity index is 2.41. The van der Waals surface area contributed by atoms with Crippen LogP contribution in [-0.2, 0) is 9.53 Å². The summed E-state index contributed by atoms with van der Waals surface area (Å²) in [5.74, 6) is -0.823. The van der Waals surface area contributed by atoms with Gasteiger partial charge in [-0.25, -0.2) is 0 Å². The number of carboxylic acids is 1. The van der Waals surface area contributed by atoms with Crippen LogP contribution in [0.15, 0.2) is 0 Å². The van der Waals surface area contributed by atoms with Crippen LogP contribution in [0.4, 0.5) is 0 Å². The van der Waals surface area contributed by atoms with Crippen molar-refractivity contribution in [2.45, 2.75) is 37.8 Å². The first-order chi connectivity index (χ1) is 7.98. The average Bonchev–Trinajstić information content (AvgIpc) is 2.29. The van der Waals surface area contributed by atoms with Crippen molar-refractivity contribution < 1.29 is 14.6 Å². The minimum Gasteiger partial charge on any atom is -0.480 e. The largest absolute Gasteiger partial charge is 0.480 e. The van der Waals surface area contributed by atoms with E-state index in [0.29, 0.717) is 6.54 Å². The predicted octanol–water partition coefficient (Wildman–Crippen LogP) is 0.550. The molecule has 0 saturated carbocycles. The van der Waals surface area contributed by atoms with E-state index in [1.807, 2.05) is 11.9 Å². The highest BCUT2D eigenvalue weighted by Crippen LogP contribution is 2.14. The molecular weight excluding hydrogens is 220 g/mol. The van der Waals surface area contributed by atoms with Crippen LogP contribution in [0.1, 0.15) is 26.2 Å². The zero-order chi connectivity index (χ0) is 12.9. The zero-order valence-electron chi connectivity index (χ0n) is 11.0. The van der Waals surface area contributed by atoms with Gasteiger partial charge in [0.2, 0.25) is 0 Å². The number of hydrogen-bond donors (Lipinski definition) is 2. The third-order valence-electron chi connectivity index (χ3n) is 3.40. The molecule has 0 aromatic rings. The van der Waals surface area contributed by atoms with Crippen molar-refractivity contribution in [3.8, 4) is 0 Å². The number of nitrogens with zero attached hydrogens (tertiary/aromatic N) is 1. The fourth-order valence-corrected chi connectivity index (χ4v) is 2.16. The van der Waals surface area contributed by atoms with Crippen molar-refractivity contribution in [2.75, 3.05) is 33.8 Å². The molecule has 5 heteroatoms. The Morgan fingerprint density at radius 1 is 1.59 bits per heavy atom. The van der Waals surface area contributed by atoms with Crippen LogP contribution in [-0.4, -0.2) is 61.4 Å². The first kappa shape index (κ1) is 14.4. The highest BCUT2D eigenvalue weighted by Gasteiger charge is 2.33. The van der Waals surface area contributed by atoms with E-state index in [-0.39, 0.29) is 6.10 Å². The molecule has 1 aliphatic rings. The van der Waals surface area contributed by atoms with E-state index in [2.05, 4.69) is 5.32 Å². The van der Waals surface area contributed by atoms with Crippen molar-refractivity contribution in [3.63, 3.8) is 0 Å². The Morgan fingerprint density at radius 2 is 2.29 bits per heavy atom. The van der Waals surface area contributed by atoms with E-state index in [4.69, 9.17) is 9.84 Å². The number of nitrogens with one attached hydrogen (secondary N) is 1. The summed E-state index contributed by atoms with van der Waals surface area (Å²) in [4.78, 5) is 13.2. The molecule has 2 unspecified atom stereocenters. The van der Waals surface area contributed by atoms with E-state index in [1.165, 1.54) is 6.42 Å². The topological polar surface area (TPSA) is 61.8 Å². The summed E-state index contributed by atoms with van der Waals surface area (Å²) in [7, 11) is 3.62. The highest BCUT2D eigenvalue weighted by molar-refractivity contribution is 5.78. The molecule has 1 saturated heterocycles. The van der Waals surface area contributed by atoms with Gasteiger partial charge in [0.25, 0.3) is 0 Å². The van der Waals surface area contributed by atoms with E-state index in [1.54, 1.807) is 14.0 Å². The second-order valence-electron chi connectivity index (χ2n) is 5.07. The molecule has 0 aromatic heterocycles. The predicted molar refractivity (Wildman–Crippen MR) is 66.2 cm³/mol. The van der Waals surface area contributed by atoms with Gasteiger partial charge in [0, 0.05) is 19.7 Å².